The van der Waals surface area contributed by atoms with Gasteiger partial charge in [0.15, 0.2) is 9.84 Å². The number of benzene rings is 1. The number of aryl methyl sites for hydroxylation is 1. The van der Waals surface area contributed by atoms with Crippen LogP contribution in [0.4, 0.5) is 18.9 Å². The van der Waals surface area contributed by atoms with Crippen molar-refractivity contribution < 1.29 is 30.0 Å². The Hall–Kier alpha value is -2.08. The summed E-state index contributed by atoms with van der Waals surface area (Å²) in [6, 6.07) is 3.17. The minimum atomic E-state index is -4.52. The fourth-order valence-corrected chi connectivity index (χ4v) is 6.45. The molecule has 1 fully saturated rings. The van der Waals surface area contributed by atoms with Crippen molar-refractivity contribution in [1.29, 1.82) is 0 Å². The summed E-state index contributed by atoms with van der Waals surface area (Å²) in [6.07, 6.45) is -4.18. The first kappa shape index (κ1) is 20.6. The predicted octanol–water partition coefficient (Wildman–Crippen LogP) is 2.68. The van der Waals surface area contributed by atoms with E-state index in [1.165, 1.54) is 18.5 Å². The monoisotopic (exact) mass is 437 g/mol. The highest BCUT2D eigenvalue weighted by molar-refractivity contribution is 7.92. The van der Waals surface area contributed by atoms with Gasteiger partial charge in [0.05, 0.1) is 34.5 Å². The molecule has 0 spiro atoms. The number of nitrogens with zero attached hydrogens (tertiary/aromatic N) is 2. The molecule has 3 rings (SSSR count). The molecule has 1 aliphatic heterocycles. The molecule has 0 amide bonds. The Kier molecular flexibility index (Phi) is 4.99. The lowest BCUT2D eigenvalue weighted by Gasteiger charge is -2.13. The van der Waals surface area contributed by atoms with Crippen molar-refractivity contribution in [2.45, 2.75) is 37.4 Å². The largest absolute Gasteiger partial charge is 0.416 e. The van der Waals surface area contributed by atoms with Crippen LogP contribution in [-0.4, -0.2) is 38.1 Å². The Morgan fingerprint density at radius 3 is 2.29 bits per heavy atom. The number of sulfonamides is 1. The number of hydrogen-bond acceptors (Lipinski definition) is 5. The van der Waals surface area contributed by atoms with Gasteiger partial charge in [0.2, 0.25) is 0 Å². The maximum absolute atomic E-state index is 12.8. The number of alkyl halides is 3. The van der Waals surface area contributed by atoms with Crippen LogP contribution in [0.1, 0.15) is 29.4 Å². The number of aromatic nitrogens is 2. The topological polar surface area (TPSA) is 98.1 Å². The van der Waals surface area contributed by atoms with Crippen molar-refractivity contribution >= 4 is 25.5 Å². The average molecular weight is 437 g/mol. The first-order valence-corrected chi connectivity index (χ1v) is 11.6. The molecule has 154 valence electrons. The molecule has 1 aliphatic rings. The van der Waals surface area contributed by atoms with Crippen LogP contribution in [-0.2, 0) is 26.0 Å². The lowest BCUT2D eigenvalue weighted by atomic mass is 10.2. The lowest BCUT2D eigenvalue weighted by Crippen LogP contribution is -2.17. The molecule has 0 aliphatic carbocycles. The number of nitrogens with one attached hydrogen (secondary N) is 1. The molecule has 2 aromatic rings. The molecule has 1 aromatic carbocycles. The van der Waals surface area contributed by atoms with Crippen molar-refractivity contribution in [1.82, 2.24) is 9.78 Å². The van der Waals surface area contributed by atoms with Crippen molar-refractivity contribution in [2.75, 3.05) is 16.2 Å². The second kappa shape index (κ2) is 6.76. The number of hydrogen-bond donors (Lipinski definition) is 1. The zero-order valence-corrected chi connectivity index (χ0v) is 16.6. The van der Waals surface area contributed by atoms with Gasteiger partial charge in [-0.05, 0) is 44.5 Å². The number of rotatable bonds is 4. The summed E-state index contributed by atoms with van der Waals surface area (Å²) in [5, 5.41) is 4.20. The molecule has 0 radical (unpaired) electrons. The van der Waals surface area contributed by atoms with Crippen LogP contribution in [0.25, 0.3) is 0 Å². The van der Waals surface area contributed by atoms with Gasteiger partial charge in [-0.25, -0.2) is 16.8 Å². The second-order valence-corrected chi connectivity index (χ2v) is 10.5. The Bertz CT molecular complexity index is 1110. The zero-order valence-electron chi connectivity index (χ0n) is 15.0. The van der Waals surface area contributed by atoms with Gasteiger partial charge in [-0.3, -0.25) is 9.40 Å². The van der Waals surface area contributed by atoms with E-state index in [1.807, 2.05) is 0 Å². The van der Waals surface area contributed by atoms with Gasteiger partial charge in [-0.1, -0.05) is 0 Å². The fourth-order valence-electron chi connectivity index (χ4n) is 3.29. The third-order valence-electron chi connectivity index (χ3n) is 4.55. The average Bonchev–Trinajstić information content (AvgIpc) is 3.05. The molecule has 0 bridgehead atoms. The molecule has 0 unspecified atom stereocenters. The van der Waals surface area contributed by atoms with Gasteiger partial charge in [0.1, 0.15) is 4.90 Å². The van der Waals surface area contributed by atoms with Crippen LogP contribution in [0.15, 0.2) is 29.2 Å². The SMILES string of the molecule is Cc1nn([C@H]2CCS(=O)(=O)C2)c(C)c1S(=O)(=O)Nc1ccc(C(F)(F)F)cc1. The summed E-state index contributed by atoms with van der Waals surface area (Å²) in [5.41, 5.74) is -0.457. The summed E-state index contributed by atoms with van der Waals surface area (Å²) >= 11 is 0. The zero-order chi connectivity index (χ0) is 20.9. The van der Waals surface area contributed by atoms with Crippen LogP contribution < -0.4 is 4.72 Å². The minimum absolute atomic E-state index is 0.0158. The summed E-state index contributed by atoms with van der Waals surface area (Å²) in [6.45, 7) is 3.00. The predicted molar refractivity (Wildman–Crippen MR) is 96.3 cm³/mol. The van der Waals surface area contributed by atoms with E-state index in [1.54, 1.807) is 0 Å². The van der Waals surface area contributed by atoms with E-state index in [2.05, 4.69) is 9.82 Å². The Labute approximate surface area is 160 Å². The third-order valence-corrected chi connectivity index (χ3v) is 7.93. The van der Waals surface area contributed by atoms with E-state index in [0.717, 1.165) is 24.3 Å². The number of sulfone groups is 1. The van der Waals surface area contributed by atoms with Crippen molar-refractivity contribution in [3.63, 3.8) is 0 Å². The van der Waals surface area contributed by atoms with Gasteiger partial charge >= 0.3 is 6.18 Å². The third kappa shape index (κ3) is 4.02. The van der Waals surface area contributed by atoms with Crippen LogP contribution in [0, 0.1) is 13.8 Å². The number of anilines is 1. The quantitative estimate of drug-likeness (QED) is 0.793. The molecular formula is C16H18F3N3O4S2. The van der Waals surface area contributed by atoms with Crippen LogP contribution in [0.5, 0.6) is 0 Å². The van der Waals surface area contributed by atoms with Crippen molar-refractivity contribution in [3.8, 4) is 0 Å². The summed E-state index contributed by atoms with van der Waals surface area (Å²) in [5.74, 6) is -0.0946. The molecule has 2 heterocycles. The van der Waals surface area contributed by atoms with Crippen LogP contribution >= 0.6 is 0 Å². The first-order chi connectivity index (χ1) is 12.8. The molecule has 12 heteroatoms. The van der Waals surface area contributed by atoms with Crippen LogP contribution in [0.2, 0.25) is 0 Å². The van der Waals surface area contributed by atoms with Crippen LogP contribution in [0.3, 0.4) is 0 Å². The summed E-state index contributed by atoms with van der Waals surface area (Å²) < 4.78 is 90.5. The molecule has 28 heavy (non-hydrogen) atoms. The van der Waals surface area contributed by atoms with Gasteiger partial charge in [0, 0.05) is 5.69 Å². The lowest BCUT2D eigenvalue weighted by molar-refractivity contribution is -0.137. The highest BCUT2D eigenvalue weighted by atomic mass is 32.2. The van der Waals surface area contributed by atoms with Gasteiger partial charge in [0.25, 0.3) is 10.0 Å². The van der Waals surface area contributed by atoms with Gasteiger partial charge in [-0.2, -0.15) is 18.3 Å². The van der Waals surface area contributed by atoms with Gasteiger partial charge < -0.3 is 0 Å². The van der Waals surface area contributed by atoms with Gasteiger partial charge in [-0.15, -0.1) is 0 Å². The molecular weight excluding hydrogens is 419 g/mol. The number of halogens is 3. The molecule has 0 saturated carbocycles. The molecule has 7 nitrogen and oxygen atoms in total. The normalized spacial score (nSPS) is 19.7. The fraction of sp³-hybridized carbons (Fsp3) is 0.438. The highest BCUT2D eigenvalue weighted by Crippen LogP contribution is 2.32. The van der Waals surface area contributed by atoms with E-state index in [-0.39, 0.29) is 33.5 Å². The van der Waals surface area contributed by atoms with Crippen molar-refractivity contribution in [3.05, 3.63) is 41.2 Å². The van der Waals surface area contributed by atoms with E-state index in [0.29, 0.717) is 6.42 Å². The Balaban J connectivity index is 1.90. The molecule has 1 aromatic heterocycles. The van der Waals surface area contributed by atoms with E-state index < -0.39 is 37.6 Å². The summed E-state index contributed by atoms with van der Waals surface area (Å²) in [4.78, 5) is -0.114. The second-order valence-electron chi connectivity index (χ2n) is 6.68. The smallest absolute Gasteiger partial charge is 0.280 e. The standard InChI is InChI=1S/C16H18F3N3O4S2/c1-10-15(11(2)22(20-10)14-7-8-27(23,24)9-14)28(25,26)21-13-5-3-12(4-6-13)16(17,18)19/h3-6,14,21H,7-9H2,1-2H3/t14-/m0/s1. The van der Waals surface area contributed by atoms with E-state index >= 15 is 0 Å². The van der Waals surface area contributed by atoms with Crippen molar-refractivity contribution in [2.24, 2.45) is 0 Å². The highest BCUT2D eigenvalue weighted by Gasteiger charge is 2.34. The minimum Gasteiger partial charge on any atom is -0.280 e. The maximum atomic E-state index is 12.8. The van der Waals surface area contributed by atoms with E-state index in [4.69, 9.17) is 0 Å². The summed E-state index contributed by atoms with van der Waals surface area (Å²) in [7, 11) is -7.31. The molecule has 1 N–H and O–H groups in total. The Morgan fingerprint density at radius 1 is 1.18 bits per heavy atom. The molecule has 1 saturated heterocycles. The molecule has 1 atom stereocenters. The Morgan fingerprint density at radius 2 is 1.79 bits per heavy atom. The van der Waals surface area contributed by atoms with E-state index in [9.17, 15) is 30.0 Å². The maximum Gasteiger partial charge on any atom is 0.416 e. The first-order valence-electron chi connectivity index (χ1n) is 8.26.